The molecule has 3 aromatic rings. The molecule has 2 heterocycles. The van der Waals surface area contributed by atoms with Crippen LogP contribution in [0, 0.1) is 20.8 Å². The van der Waals surface area contributed by atoms with Crippen molar-refractivity contribution in [3.8, 4) is 11.3 Å². The monoisotopic (exact) mass is 401 g/mol. The van der Waals surface area contributed by atoms with E-state index in [2.05, 4.69) is 45.5 Å². The summed E-state index contributed by atoms with van der Waals surface area (Å²) in [5.74, 6) is 0.849. The first-order valence-electron chi connectivity index (χ1n) is 10.3. The van der Waals surface area contributed by atoms with E-state index in [1.165, 1.54) is 5.56 Å². The molecule has 0 atom stereocenters. The molecule has 1 saturated heterocycles. The number of hydrogen-bond donors (Lipinski definition) is 1. The molecule has 30 heavy (non-hydrogen) atoms. The molecule has 1 aliphatic rings. The lowest BCUT2D eigenvalue weighted by molar-refractivity contribution is 0.208. The van der Waals surface area contributed by atoms with Gasteiger partial charge >= 0.3 is 6.03 Å². The van der Waals surface area contributed by atoms with Gasteiger partial charge in [-0.15, -0.1) is 10.2 Å². The topological polar surface area (TPSA) is 61.4 Å². The van der Waals surface area contributed by atoms with Crippen molar-refractivity contribution in [3.05, 3.63) is 71.3 Å². The molecule has 0 radical (unpaired) electrons. The van der Waals surface area contributed by atoms with Gasteiger partial charge in [0.15, 0.2) is 5.82 Å². The van der Waals surface area contributed by atoms with Gasteiger partial charge in [-0.3, -0.25) is 0 Å². The molecule has 0 unspecified atom stereocenters. The first-order valence-corrected chi connectivity index (χ1v) is 10.3. The molecular formula is C24H27N5O. The second-order valence-electron chi connectivity index (χ2n) is 7.87. The number of nitrogens with zero attached hydrogens (tertiary/aromatic N) is 4. The summed E-state index contributed by atoms with van der Waals surface area (Å²) >= 11 is 0. The number of nitrogens with one attached hydrogen (secondary N) is 1. The number of piperazine rings is 1. The van der Waals surface area contributed by atoms with Crippen LogP contribution < -0.4 is 10.2 Å². The molecule has 1 aromatic heterocycles. The highest BCUT2D eigenvalue weighted by Crippen LogP contribution is 2.22. The molecule has 154 valence electrons. The van der Waals surface area contributed by atoms with E-state index in [9.17, 15) is 4.79 Å². The summed E-state index contributed by atoms with van der Waals surface area (Å²) in [5, 5.41) is 11.9. The lowest BCUT2D eigenvalue weighted by Gasteiger charge is -2.35. The van der Waals surface area contributed by atoms with E-state index in [0.717, 1.165) is 47.0 Å². The van der Waals surface area contributed by atoms with Gasteiger partial charge in [0.05, 0.1) is 5.69 Å². The normalized spacial score (nSPS) is 14.0. The zero-order chi connectivity index (χ0) is 21.1. The molecule has 1 aliphatic heterocycles. The average molecular weight is 402 g/mol. The van der Waals surface area contributed by atoms with Crippen LogP contribution in [0.1, 0.15) is 16.7 Å². The molecule has 0 bridgehead atoms. The minimum Gasteiger partial charge on any atom is -0.352 e. The molecule has 1 fully saturated rings. The van der Waals surface area contributed by atoms with E-state index in [0.29, 0.717) is 13.1 Å². The number of aromatic nitrogens is 2. The summed E-state index contributed by atoms with van der Waals surface area (Å²) in [6, 6.07) is 18.2. The fraction of sp³-hybridized carbons (Fsp3) is 0.292. The number of amides is 2. The van der Waals surface area contributed by atoms with Crippen molar-refractivity contribution in [2.75, 3.05) is 36.4 Å². The Labute approximate surface area is 177 Å². The maximum absolute atomic E-state index is 12.6. The SMILES string of the molecule is Cc1cc(C)cc(NC(=O)N2CCN(c3ccc(-c4ccccc4C)nn3)CC2)c1. The molecule has 1 N–H and O–H groups in total. The molecule has 6 heteroatoms. The van der Waals surface area contributed by atoms with Crippen LogP contribution in [0.5, 0.6) is 0 Å². The van der Waals surface area contributed by atoms with Gasteiger partial charge in [-0.05, 0) is 61.7 Å². The fourth-order valence-corrected chi connectivity index (χ4v) is 3.89. The van der Waals surface area contributed by atoms with Gasteiger partial charge in [0.1, 0.15) is 0 Å². The van der Waals surface area contributed by atoms with Crippen LogP contribution >= 0.6 is 0 Å². The molecular weight excluding hydrogens is 374 g/mol. The standard InChI is InChI=1S/C24H27N5O/c1-17-14-18(2)16-20(15-17)25-24(30)29-12-10-28(11-13-29)23-9-8-22(26-27-23)21-7-5-4-6-19(21)3/h4-9,14-16H,10-13H2,1-3H3,(H,25,30). The van der Waals surface area contributed by atoms with E-state index in [1.54, 1.807) is 0 Å². The first-order chi connectivity index (χ1) is 14.5. The third-order valence-corrected chi connectivity index (χ3v) is 5.44. The number of benzene rings is 2. The number of carbonyl (C=O) groups is 1. The number of rotatable bonds is 3. The Morgan fingerprint density at radius 2 is 1.57 bits per heavy atom. The van der Waals surface area contributed by atoms with Crippen molar-refractivity contribution in [1.29, 1.82) is 0 Å². The van der Waals surface area contributed by atoms with E-state index in [-0.39, 0.29) is 6.03 Å². The van der Waals surface area contributed by atoms with E-state index >= 15 is 0 Å². The molecule has 0 aliphatic carbocycles. The number of aryl methyl sites for hydroxylation is 3. The van der Waals surface area contributed by atoms with Crippen molar-refractivity contribution in [2.45, 2.75) is 20.8 Å². The second kappa shape index (κ2) is 8.53. The smallest absolute Gasteiger partial charge is 0.321 e. The van der Waals surface area contributed by atoms with Crippen LogP contribution in [0.4, 0.5) is 16.3 Å². The largest absolute Gasteiger partial charge is 0.352 e. The zero-order valence-electron chi connectivity index (χ0n) is 17.7. The summed E-state index contributed by atoms with van der Waals surface area (Å²) in [4.78, 5) is 16.7. The van der Waals surface area contributed by atoms with Gasteiger partial charge in [-0.25, -0.2) is 4.79 Å². The van der Waals surface area contributed by atoms with Crippen molar-refractivity contribution >= 4 is 17.5 Å². The molecule has 6 nitrogen and oxygen atoms in total. The zero-order valence-corrected chi connectivity index (χ0v) is 17.7. The van der Waals surface area contributed by atoms with Gasteiger partial charge in [0.2, 0.25) is 0 Å². The molecule has 4 rings (SSSR count). The van der Waals surface area contributed by atoms with Crippen molar-refractivity contribution in [3.63, 3.8) is 0 Å². The predicted octanol–water partition coefficient (Wildman–Crippen LogP) is 4.42. The highest BCUT2D eigenvalue weighted by atomic mass is 16.2. The summed E-state index contributed by atoms with van der Waals surface area (Å²) in [5.41, 5.74) is 6.29. The minimum absolute atomic E-state index is 0.0550. The Bertz CT molecular complexity index is 1020. The minimum atomic E-state index is -0.0550. The molecule has 0 saturated carbocycles. The van der Waals surface area contributed by atoms with Gasteiger partial charge in [-0.1, -0.05) is 30.3 Å². The lowest BCUT2D eigenvalue weighted by Crippen LogP contribution is -2.50. The van der Waals surface area contributed by atoms with E-state index in [1.807, 2.05) is 55.1 Å². The summed E-state index contributed by atoms with van der Waals surface area (Å²) in [6.45, 7) is 8.92. The van der Waals surface area contributed by atoms with Crippen LogP contribution in [0.3, 0.4) is 0 Å². The number of carbonyl (C=O) groups excluding carboxylic acids is 1. The Morgan fingerprint density at radius 1 is 0.867 bits per heavy atom. The van der Waals surface area contributed by atoms with Crippen molar-refractivity contribution in [1.82, 2.24) is 15.1 Å². The second-order valence-corrected chi connectivity index (χ2v) is 7.87. The van der Waals surface area contributed by atoms with Crippen LogP contribution in [-0.4, -0.2) is 47.3 Å². The summed E-state index contributed by atoms with van der Waals surface area (Å²) < 4.78 is 0. The Balaban J connectivity index is 1.36. The lowest BCUT2D eigenvalue weighted by atomic mass is 10.1. The van der Waals surface area contributed by atoms with Crippen LogP contribution in [0.25, 0.3) is 11.3 Å². The van der Waals surface area contributed by atoms with E-state index in [4.69, 9.17) is 0 Å². The summed E-state index contributed by atoms with van der Waals surface area (Å²) in [6.07, 6.45) is 0. The Hall–Kier alpha value is -3.41. The van der Waals surface area contributed by atoms with Gasteiger partial charge in [0, 0.05) is 37.4 Å². The highest BCUT2D eigenvalue weighted by Gasteiger charge is 2.22. The van der Waals surface area contributed by atoms with Crippen LogP contribution in [0.15, 0.2) is 54.6 Å². The number of anilines is 2. The third-order valence-electron chi connectivity index (χ3n) is 5.44. The first kappa shape index (κ1) is 19.9. The maximum atomic E-state index is 12.6. The average Bonchev–Trinajstić information content (AvgIpc) is 2.74. The van der Waals surface area contributed by atoms with Crippen LogP contribution in [-0.2, 0) is 0 Å². The van der Waals surface area contributed by atoms with Crippen molar-refractivity contribution in [2.24, 2.45) is 0 Å². The highest BCUT2D eigenvalue weighted by molar-refractivity contribution is 5.89. The Morgan fingerprint density at radius 3 is 2.20 bits per heavy atom. The third kappa shape index (κ3) is 4.43. The fourth-order valence-electron chi connectivity index (χ4n) is 3.89. The molecule has 0 spiro atoms. The molecule has 2 amide bonds. The quantitative estimate of drug-likeness (QED) is 0.706. The summed E-state index contributed by atoms with van der Waals surface area (Å²) in [7, 11) is 0. The predicted molar refractivity (Wildman–Crippen MR) is 121 cm³/mol. The molecule has 2 aromatic carbocycles. The van der Waals surface area contributed by atoms with Gasteiger partial charge < -0.3 is 15.1 Å². The van der Waals surface area contributed by atoms with Crippen LogP contribution in [0.2, 0.25) is 0 Å². The Kier molecular flexibility index (Phi) is 5.65. The van der Waals surface area contributed by atoms with Gasteiger partial charge in [-0.2, -0.15) is 0 Å². The van der Waals surface area contributed by atoms with E-state index < -0.39 is 0 Å². The number of hydrogen-bond acceptors (Lipinski definition) is 4. The van der Waals surface area contributed by atoms with Gasteiger partial charge in [0.25, 0.3) is 0 Å². The maximum Gasteiger partial charge on any atom is 0.321 e. The number of urea groups is 1. The van der Waals surface area contributed by atoms with Crippen molar-refractivity contribution < 1.29 is 4.79 Å².